The van der Waals surface area contributed by atoms with E-state index in [1.807, 2.05) is 31.2 Å². The van der Waals surface area contributed by atoms with Gasteiger partial charge in [-0.3, -0.25) is 0 Å². The minimum absolute atomic E-state index is 0.127. The first-order valence-corrected chi connectivity index (χ1v) is 5.26. The van der Waals surface area contributed by atoms with E-state index < -0.39 is 6.10 Å². The highest BCUT2D eigenvalue weighted by Crippen LogP contribution is 2.15. The lowest BCUT2D eigenvalue weighted by molar-refractivity contribution is 0.0605. The highest BCUT2D eigenvalue weighted by molar-refractivity contribution is 5.27. The van der Waals surface area contributed by atoms with Crippen molar-refractivity contribution in [3.8, 4) is 5.75 Å². The third kappa shape index (κ3) is 3.81. The molecule has 2 atom stereocenters. The van der Waals surface area contributed by atoms with Crippen molar-refractivity contribution in [2.75, 3.05) is 20.3 Å². The Bertz CT molecular complexity index is 317. The molecule has 0 amide bonds. The Labute approximate surface area is 96.0 Å². The molecular formula is C12H19NO3. The Morgan fingerprint density at radius 3 is 2.75 bits per heavy atom. The van der Waals surface area contributed by atoms with E-state index in [0.717, 1.165) is 5.56 Å². The number of aliphatic hydroxyl groups is 1. The lowest BCUT2D eigenvalue weighted by Crippen LogP contribution is -2.44. The summed E-state index contributed by atoms with van der Waals surface area (Å²) in [5.74, 6) is 0.714. The molecule has 0 aliphatic heterocycles. The van der Waals surface area contributed by atoms with Gasteiger partial charge in [0.1, 0.15) is 11.9 Å². The molecule has 0 aliphatic rings. The highest BCUT2D eigenvalue weighted by atomic mass is 16.5. The maximum absolute atomic E-state index is 9.19. The maximum Gasteiger partial charge on any atom is 0.139 e. The van der Waals surface area contributed by atoms with E-state index in [-0.39, 0.29) is 12.6 Å². The van der Waals surface area contributed by atoms with Gasteiger partial charge in [-0.2, -0.15) is 0 Å². The van der Waals surface area contributed by atoms with E-state index in [4.69, 9.17) is 15.2 Å². The standard InChI is InChI=1S/C12H19NO3/c1-9-4-3-5-10(6-9)16-12(7-14)11(13)8-15-2/h3-6,11-12,14H,7-8,13H2,1-2H3. The molecule has 0 aromatic heterocycles. The van der Waals surface area contributed by atoms with Gasteiger partial charge >= 0.3 is 0 Å². The van der Waals surface area contributed by atoms with Gasteiger partial charge in [0, 0.05) is 7.11 Å². The predicted molar refractivity (Wildman–Crippen MR) is 62.5 cm³/mol. The number of aryl methyl sites for hydroxylation is 1. The SMILES string of the molecule is COCC(N)C(CO)Oc1cccc(C)c1. The minimum Gasteiger partial charge on any atom is -0.486 e. The summed E-state index contributed by atoms with van der Waals surface area (Å²) in [6.45, 7) is 2.21. The zero-order valence-electron chi connectivity index (χ0n) is 9.72. The average molecular weight is 225 g/mol. The van der Waals surface area contributed by atoms with E-state index in [9.17, 15) is 5.11 Å². The Morgan fingerprint density at radius 2 is 2.19 bits per heavy atom. The molecule has 0 spiro atoms. The van der Waals surface area contributed by atoms with Crippen LogP contribution in [-0.4, -0.2) is 37.6 Å². The molecule has 4 heteroatoms. The molecule has 3 N–H and O–H groups in total. The molecule has 4 nitrogen and oxygen atoms in total. The molecule has 1 aromatic rings. The second-order valence-corrected chi connectivity index (χ2v) is 3.77. The molecule has 0 heterocycles. The Balaban J connectivity index is 2.62. The third-order valence-corrected chi connectivity index (χ3v) is 2.29. The Morgan fingerprint density at radius 1 is 1.44 bits per heavy atom. The van der Waals surface area contributed by atoms with Gasteiger partial charge in [-0.15, -0.1) is 0 Å². The topological polar surface area (TPSA) is 64.7 Å². The second-order valence-electron chi connectivity index (χ2n) is 3.77. The molecule has 2 unspecified atom stereocenters. The smallest absolute Gasteiger partial charge is 0.139 e. The van der Waals surface area contributed by atoms with Gasteiger partial charge in [-0.05, 0) is 24.6 Å². The summed E-state index contributed by atoms with van der Waals surface area (Å²) in [5.41, 5.74) is 6.92. The number of ether oxygens (including phenoxy) is 2. The van der Waals surface area contributed by atoms with Crippen LogP contribution in [0.5, 0.6) is 5.75 Å². The fraction of sp³-hybridized carbons (Fsp3) is 0.500. The zero-order chi connectivity index (χ0) is 12.0. The van der Waals surface area contributed by atoms with Gasteiger partial charge in [0.25, 0.3) is 0 Å². The highest BCUT2D eigenvalue weighted by Gasteiger charge is 2.18. The summed E-state index contributed by atoms with van der Waals surface area (Å²) in [7, 11) is 1.57. The van der Waals surface area contributed by atoms with Crippen LogP contribution in [0.1, 0.15) is 5.56 Å². The summed E-state index contributed by atoms with van der Waals surface area (Å²) in [6.07, 6.45) is -0.443. The lowest BCUT2D eigenvalue weighted by atomic mass is 10.2. The van der Waals surface area contributed by atoms with Gasteiger partial charge in [0.15, 0.2) is 0 Å². The van der Waals surface area contributed by atoms with Gasteiger partial charge in [0.2, 0.25) is 0 Å². The van der Waals surface area contributed by atoms with Crippen LogP contribution < -0.4 is 10.5 Å². The van der Waals surface area contributed by atoms with Gasteiger partial charge in [-0.25, -0.2) is 0 Å². The molecular weight excluding hydrogens is 206 g/mol. The Kier molecular flexibility index (Phi) is 5.25. The fourth-order valence-corrected chi connectivity index (χ4v) is 1.42. The minimum atomic E-state index is -0.443. The van der Waals surface area contributed by atoms with E-state index in [1.54, 1.807) is 7.11 Å². The van der Waals surface area contributed by atoms with Crippen LogP contribution in [0.15, 0.2) is 24.3 Å². The molecule has 16 heavy (non-hydrogen) atoms. The first kappa shape index (κ1) is 13.0. The monoisotopic (exact) mass is 225 g/mol. The van der Waals surface area contributed by atoms with Crippen molar-refractivity contribution in [3.63, 3.8) is 0 Å². The molecule has 0 saturated carbocycles. The first-order chi connectivity index (χ1) is 7.67. The largest absolute Gasteiger partial charge is 0.486 e. The molecule has 0 saturated heterocycles. The number of methoxy groups -OCH3 is 1. The van der Waals surface area contributed by atoms with Crippen molar-refractivity contribution in [3.05, 3.63) is 29.8 Å². The van der Waals surface area contributed by atoms with Crippen LogP contribution in [0.3, 0.4) is 0 Å². The van der Waals surface area contributed by atoms with E-state index >= 15 is 0 Å². The van der Waals surface area contributed by atoms with Crippen LogP contribution >= 0.6 is 0 Å². The quantitative estimate of drug-likeness (QED) is 0.748. The molecule has 1 aromatic carbocycles. The average Bonchev–Trinajstić information content (AvgIpc) is 2.26. The van der Waals surface area contributed by atoms with Crippen molar-refractivity contribution in [2.24, 2.45) is 5.73 Å². The molecule has 0 bridgehead atoms. The lowest BCUT2D eigenvalue weighted by Gasteiger charge is -2.22. The first-order valence-electron chi connectivity index (χ1n) is 5.26. The predicted octanol–water partition coefficient (Wildman–Crippen LogP) is 0.708. The summed E-state index contributed by atoms with van der Waals surface area (Å²) in [6, 6.07) is 7.30. The van der Waals surface area contributed by atoms with Crippen molar-refractivity contribution < 1.29 is 14.6 Å². The van der Waals surface area contributed by atoms with E-state index in [1.165, 1.54) is 0 Å². The molecule has 0 fully saturated rings. The Hall–Kier alpha value is -1.10. The summed E-state index contributed by atoms with van der Waals surface area (Å²) >= 11 is 0. The molecule has 0 aliphatic carbocycles. The maximum atomic E-state index is 9.19. The number of nitrogens with two attached hydrogens (primary N) is 1. The number of hydrogen-bond donors (Lipinski definition) is 2. The van der Waals surface area contributed by atoms with Crippen molar-refractivity contribution >= 4 is 0 Å². The number of hydrogen-bond acceptors (Lipinski definition) is 4. The van der Waals surface area contributed by atoms with E-state index in [2.05, 4.69) is 0 Å². The van der Waals surface area contributed by atoms with Crippen molar-refractivity contribution in [1.29, 1.82) is 0 Å². The number of benzene rings is 1. The van der Waals surface area contributed by atoms with Gasteiger partial charge < -0.3 is 20.3 Å². The number of rotatable bonds is 6. The third-order valence-electron chi connectivity index (χ3n) is 2.29. The van der Waals surface area contributed by atoms with Crippen molar-refractivity contribution in [1.82, 2.24) is 0 Å². The van der Waals surface area contributed by atoms with Gasteiger partial charge in [0.05, 0.1) is 19.3 Å². The van der Waals surface area contributed by atoms with Crippen LogP contribution in [0.25, 0.3) is 0 Å². The van der Waals surface area contributed by atoms with Crippen LogP contribution in [0.2, 0.25) is 0 Å². The summed E-state index contributed by atoms with van der Waals surface area (Å²) < 4.78 is 10.5. The summed E-state index contributed by atoms with van der Waals surface area (Å²) in [4.78, 5) is 0. The van der Waals surface area contributed by atoms with Crippen molar-refractivity contribution in [2.45, 2.75) is 19.1 Å². The van der Waals surface area contributed by atoms with E-state index in [0.29, 0.717) is 12.4 Å². The molecule has 1 rings (SSSR count). The summed E-state index contributed by atoms with van der Waals surface area (Å²) in [5, 5.41) is 9.19. The van der Waals surface area contributed by atoms with Gasteiger partial charge in [-0.1, -0.05) is 12.1 Å². The molecule has 90 valence electrons. The zero-order valence-corrected chi connectivity index (χ0v) is 9.72. The van der Waals surface area contributed by atoms with Crippen LogP contribution in [0.4, 0.5) is 0 Å². The second kappa shape index (κ2) is 6.48. The normalized spacial score (nSPS) is 14.5. The fourth-order valence-electron chi connectivity index (χ4n) is 1.42. The number of aliphatic hydroxyl groups excluding tert-OH is 1. The van der Waals surface area contributed by atoms with Crippen LogP contribution in [-0.2, 0) is 4.74 Å². The van der Waals surface area contributed by atoms with Crippen LogP contribution in [0, 0.1) is 6.92 Å². The molecule has 0 radical (unpaired) electrons.